The normalized spacial score (nSPS) is 27.2. The summed E-state index contributed by atoms with van der Waals surface area (Å²) in [5.41, 5.74) is 0. The molecule has 2 bridgehead atoms. The molecule has 5 heteroatoms. The molecule has 2 aliphatic heterocycles. The number of hydrogen-bond acceptors (Lipinski definition) is 5. The van der Waals surface area contributed by atoms with E-state index >= 15 is 0 Å². The number of hydrogen-bond donors (Lipinski definition) is 0. The van der Waals surface area contributed by atoms with Gasteiger partial charge in [-0.25, -0.2) is 4.98 Å². The molecule has 20 heavy (non-hydrogen) atoms. The van der Waals surface area contributed by atoms with Crippen molar-refractivity contribution < 1.29 is 0 Å². The van der Waals surface area contributed by atoms with Crippen molar-refractivity contribution in [3.8, 4) is 0 Å². The molecular formula is C15H19N3S2. The topological polar surface area (TPSA) is 19.4 Å². The molecule has 2 aromatic rings. The SMILES string of the molecule is c1csc(CN2C[C@H]3C[C@H]2CN(Cc2nccs2)C3)c1. The van der Waals surface area contributed by atoms with Crippen molar-refractivity contribution in [1.29, 1.82) is 0 Å². The molecule has 2 saturated heterocycles. The molecule has 0 aliphatic carbocycles. The van der Waals surface area contributed by atoms with Crippen LogP contribution in [0.2, 0.25) is 0 Å². The van der Waals surface area contributed by atoms with Crippen LogP contribution in [0.15, 0.2) is 29.1 Å². The highest BCUT2D eigenvalue weighted by Gasteiger charge is 2.38. The number of piperidine rings is 1. The fraction of sp³-hybridized carbons (Fsp3) is 0.533. The van der Waals surface area contributed by atoms with Crippen LogP contribution in [0.4, 0.5) is 0 Å². The maximum atomic E-state index is 4.43. The van der Waals surface area contributed by atoms with Gasteiger partial charge in [0.25, 0.3) is 0 Å². The van der Waals surface area contributed by atoms with E-state index in [2.05, 4.69) is 37.7 Å². The first kappa shape index (κ1) is 13.0. The highest BCUT2D eigenvalue weighted by molar-refractivity contribution is 7.10. The zero-order valence-corrected chi connectivity index (χ0v) is 13.1. The molecule has 0 amide bonds. The Bertz CT molecular complexity index is 535. The van der Waals surface area contributed by atoms with Crippen LogP contribution in [0, 0.1) is 5.92 Å². The van der Waals surface area contributed by atoms with Gasteiger partial charge in [-0.05, 0) is 23.8 Å². The monoisotopic (exact) mass is 305 g/mol. The Balaban J connectivity index is 1.40. The average Bonchev–Trinajstić information content (AvgIpc) is 3.14. The summed E-state index contributed by atoms with van der Waals surface area (Å²) in [5.74, 6) is 0.855. The highest BCUT2D eigenvalue weighted by atomic mass is 32.1. The van der Waals surface area contributed by atoms with Crippen LogP contribution in [-0.2, 0) is 13.1 Å². The van der Waals surface area contributed by atoms with Gasteiger partial charge < -0.3 is 0 Å². The maximum absolute atomic E-state index is 4.43. The quantitative estimate of drug-likeness (QED) is 0.866. The largest absolute Gasteiger partial charge is 0.295 e. The molecule has 3 nitrogen and oxygen atoms in total. The molecule has 2 aliphatic rings. The maximum Gasteiger partial charge on any atom is 0.107 e. The second kappa shape index (κ2) is 5.56. The van der Waals surface area contributed by atoms with Gasteiger partial charge in [0.1, 0.15) is 5.01 Å². The molecular weight excluding hydrogens is 286 g/mol. The molecule has 2 atom stereocenters. The van der Waals surface area contributed by atoms with E-state index < -0.39 is 0 Å². The van der Waals surface area contributed by atoms with Crippen LogP contribution in [0.3, 0.4) is 0 Å². The lowest BCUT2D eigenvalue weighted by molar-refractivity contribution is 0.154. The summed E-state index contributed by atoms with van der Waals surface area (Å²) in [6, 6.07) is 5.17. The van der Waals surface area contributed by atoms with Gasteiger partial charge in [0.15, 0.2) is 0 Å². The lowest BCUT2D eigenvalue weighted by Crippen LogP contribution is -2.41. The van der Waals surface area contributed by atoms with E-state index in [-0.39, 0.29) is 0 Å². The van der Waals surface area contributed by atoms with E-state index in [0.717, 1.165) is 25.0 Å². The Hall–Kier alpha value is -0.750. The van der Waals surface area contributed by atoms with Crippen LogP contribution in [0.25, 0.3) is 0 Å². The van der Waals surface area contributed by atoms with Crippen molar-refractivity contribution in [3.63, 3.8) is 0 Å². The minimum Gasteiger partial charge on any atom is -0.295 e. The Kier molecular flexibility index (Phi) is 3.60. The fourth-order valence-electron chi connectivity index (χ4n) is 3.60. The lowest BCUT2D eigenvalue weighted by Gasteiger charge is -2.32. The van der Waals surface area contributed by atoms with Gasteiger partial charge >= 0.3 is 0 Å². The zero-order valence-electron chi connectivity index (χ0n) is 11.4. The molecule has 0 radical (unpaired) electrons. The number of thiazole rings is 1. The summed E-state index contributed by atoms with van der Waals surface area (Å²) in [6.07, 6.45) is 3.31. The molecule has 4 rings (SSSR count). The Morgan fingerprint density at radius 3 is 2.95 bits per heavy atom. The van der Waals surface area contributed by atoms with Gasteiger partial charge in [-0.3, -0.25) is 9.80 Å². The summed E-state index contributed by atoms with van der Waals surface area (Å²) in [4.78, 5) is 11.2. The van der Waals surface area contributed by atoms with Crippen LogP contribution in [0.1, 0.15) is 16.3 Å². The fourth-order valence-corrected chi connectivity index (χ4v) is 4.98. The third-order valence-corrected chi connectivity index (χ3v) is 6.01. The molecule has 0 N–H and O–H groups in total. The van der Waals surface area contributed by atoms with E-state index in [0.29, 0.717) is 0 Å². The number of fused-ring (bicyclic) bond motifs is 2. The molecule has 0 saturated carbocycles. The van der Waals surface area contributed by atoms with Gasteiger partial charge in [-0.15, -0.1) is 22.7 Å². The molecule has 0 aromatic carbocycles. The van der Waals surface area contributed by atoms with Gasteiger partial charge in [-0.1, -0.05) is 6.07 Å². The lowest BCUT2D eigenvalue weighted by atomic mass is 10.0. The van der Waals surface area contributed by atoms with E-state index in [9.17, 15) is 0 Å². The molecule has 106 valence electrons. The summed E-state index contributed by atoms with van der Waals surface area (Å²) >= 11 is 3.66. The third kappa shape index (κ3) is 2.68. The Morgan fingerprint density at radius 2 is 2.15 bits per heavy atom. The minimum absolute atomic E-state index is 0.746. The minimum atomic E-state index is 0.746. The van der Waals surface area contributed by atoms with Crippen molar-refractivity contribution >= 4 is 22.7 Å². The second-order valence-electron chi connectivity index (χ2n) is 5.88. The van der Waals surface area contributed by atoms with Crippen molar-refractivity contribution in [3.05, 3.63) is 39.0 Å². The smallest absolute Gasteiger partial charge is 0.107 e. The first-order chi connectivity index (χ1) is 9.87. The highest BCUT2D eigenvalue weighted by Crippen LogP contribution is 2.32. The number of likely N-dealkylation sites (tertiary alicyclic amines) is 2. The predicted molar refractivity (Wildman–Crippen MR) is 84.0 cm³/mol. The van der Waals surface area contributed by atoms with Gasteiger partial charge in [-0.2, -0.15) is 0 Å². The molecule has 0 spiro atoms. The van der Waals surface area contributed by atoms with E-state index in [1.807, 2.05) is 17.5 Å². The van der Waals surface area contributed by atoms with Crippen molar-refractivity contribution in [1.82, 2.24) is 14.8 Å². The number of aromatic nitrogens is 1. The van der Waals surface area contributed by atoms with Crippen LogP contribution in [0.5, 0.6) is 0 Å². The van der Waals surface area contributed by atoms with Crippen LogP contribution in [-0.4, -0.2) is 40.5 Å². The van der Waals surface area contributed by atoms with Crippen LogP contribution >= 0.6 is 22.7 Å². The molecule has 0 unspecified atom stereocenters. The summed E-state index contributed by atoms with van der Waals surface area (Å²) in [5, 5.41) is 5.53. The number of nitrogens with zero attached hydrogens (tertiary/aromatic N) is 3. The standard InChI is InChI=1S/C15H19N3S2/c1-2-14(19-4-1)10-18-8-12-6-13(18)9-17(7-12)11-15-16-3-5-20-15/h1-5,12-13H,6-11H2/t12-,13-/m0/s1. The summed E-state index contributed by atoms with van der Waals surface area (Å²) < 4.78 is 0. The Morgan fingerprint density at radius 1 is 1.15 bits per heavy atom. The Labute approximate surface area is 127 Å². The first-order valence-corrected chi connectivity index (χ1v) is 9.00. The van der Waals surface area contributed by atoms with Crippen molar-refractivity contribution in [2.45, 2.75) is 25.6 Å². The summed E-state index contributed by atoms with van der Waals surface area (Å²) in [6.45, 7) is 5.91. The predicted octanol–water partition coefficient (Wildman–Crippen LogP) is 2.91. The average molecular weight is 305 g/mol. The second-order valence-corrected chi connectivity index (χ2v) is 7.90. The van der Waals surface area contributed by atoms with E-state index in [1.165, 1.54) is 35.9 Å². The number of thiophene rings is 1. The van der Waals surface area contributed by atoms with Gasteiger partial charge in [0.2, 0.25) is 0 Å². The zero-order chi connectivity index (χ0) is 13.4. The number of rotatable bonds is 4. The van der Waals surface area contributed by atoms with E-state index in [4.69, 9.17) is 0 Å². The molecule has 4 heterocycles. The molecule has 2 fully saturated rings. The van der Waals surface area contributed by atoms with Crippen molar-refractivity contribution in [2.24, 2.45) is 5.92 Å². The third-order valence-electron chi connectivity index (χ3n) is 4.38. The van der Waals surface area contributed by atoms with Gasteiger partial charge in [0.05, 0.1) is 6.54 Å². The van der Waals surface area contributed by atoms with Crippen LogP contribution < -0.4 is 0 Å². The van der Waals surface area contributed by atoms with E-state index in [1.54, 1.807) is 11.3 Å². The first-order valence-electron chi connectivity index (χ1n) is 7.24. The molecule has 2 aromatic heterocycles. The van der Waals surface area contributed by atoms with Gasteiger partial charge in [0, 0.05) is 48.7 Å². The summed E-state index contributed by atoms with van der Waals surface area (Å²) in [7, 11) is 0. The van der Waals surface area contributed by atoms with Crippen molar-refractivity contribution in [2.75, 3.05) is 19.6 Å².